The molecule has 2 aromatic rings. The molecular weight excluding hydrogens is 286 g/mol. The molecule has 0 saturated carbocycles. The van der Waals surface area contributed by atoms with Gasteiger partial charge in [-0.15, -0.1) is 0 Å². The molecule has 0 aliphatic rings. The summed E-state index contributed by atoms with van der Waals surface area (Å²) in [5.41, 5.74) is 4.41. The first kappa shape index (κ1) is 16.1. The van der Waals surface area contributed by atoms with Crippen LogP contribution in [0.5, 0.6) is 0 Å². The second kappa shape index (κ2) is 6.24. The first-order valence-electron chi connectivity index (χ1n) is 7.36. The lowest BCUT2D eigenvalue weighted by atomic mass is 9.98. The van der Waals surface area contributed by atoms with E-state index in [1.165, 1.54) is 11.1 Å². The topological polar surface area (TPSA) is 43.0 Å². The Kier molecular flexibility index (Phi) is 4.79. The monoisotopic (exact) mass is 309 g/mol. The Morgan fingerprint density at radius 1 is 1.24 bits per heavy atom. The molecular formula is C16H24ClN3O. The number of nitrogens with one attached hydrogen (secondary N) is 1. The van der Waals surface area contributed by atoms with Gasteiger partial charge < -0.3 is 9.73 Å². The van der Waals surface area contributed by atoms with E-state index in [0.717, 1.165) is 40.9 Å². The Hall–Kier alpha value is -1.26. The summed E-state index contributed by atoms with van der Waals surface area (Å²) < 4.78 is 7.75. The molecule has 2 aromatic heterocycles. The zero-order valence-corrected chi connectivity index (χ0v) is 14.4. The summed E-state index contributed by atoms with van der Waals surface area (Å²) in [4.78, 5) is 0. The van der Waals surface area contributed by atoms with E-state index in [4.69, 9.17) is 16.0 Å². The quantitative estimate of drug-likeness (QED) is 0.911. The summed E-state index contributed by atoms with van der Waals surface area (Å²) in [5, 5.41) is 8.65. The fourth-order valence-electron chi connectivity index (χ4n) is 2.93. The molecule has 0 saturated heterocycles. The highest BCUT2D eigenvalue weighted by Gasteiger charge is 2.23. The van der Waals surface area contributed by atoms with Crippen LogP contribution in [0.25, 0.3) is 0 Å². The highest BCUT2D eigenvalue weighted by molar-refractivity contribution is 6.31. The molecule has 0 amide bonds. The molecule has 0 bridgehead atoms. The van der Waals surface area contributed by atoms with Crippen LogP contribution in [0, 0.1) is 27.7 Å². The van der Waals surface area contributed by atoms with E-state index < -0.39 is 0 Å². The zero-order valence-electron chi connectivity index (χ0n) is 13.7. The molecule has 0 aromatic carbocycles. The lowest BCUT2D eigenvalue weighted by Gasteiger charge is -2.18. The van der Waals surface area contributed by atoms with Crippen LogP contribution in [-0.2, 0) is 13.0 Å². The van der Waals surface area contributed by atoms with Crippen molar-refractivity contribution < 1.29 is 4.42 Å². The van der Waals surface area contributed by atoms with E-state index in [9.17, 15) is 0 Å². The van der Waals surface area contributed by atoms with Gasteiger partial charge in [-0.05, 0) is 47.2 Å². The molecule has 5 heteroatoms. The molecule has 1 atom stereocenters. The van der Waals surface area contributed by atoms with Crippen molar-refractivity contribution in [2.75, 3.05) is 7.05 Å². The number of halogens is 1. The Labute approximate surface area is 131 Å². The van der Waals surface area contributed by atoms with E-state index in [1.807, 2.05) is 32.5 Å². The van der Waals surface area contributed by atoms with Gasteiger partial charge in [-0.25, -0.2) is 0 Å². The van der Waals surface area contributed by atoms with Crippen LogP contribution in [0.15, 0.2) is 4.42 Å². The SMILES string of the molecule is CCn1nc(C)c(Cl)c1CC(NC)c1c(C)oc(C)c1C. The maximum Gasteiger partial charge on any atom is 0.106 e. The first-order chi connectivity index (χ1) is 9.90. The van der Waals surface area contributed by atoms with E-state index in [-0.39, 0.29) is 6.04 Å². The Morgan fingerprint density at radius 2 is 1.90 bits per heavy atom. The molecule has 0 fully saturated rings. The van der Waals surface area contributed by atoms with Gasteiger partial charge in [0.1, 0.15) is 11.5 Å². The van der Waals surface area contributed by atoms with Gasteiger partial charge in [-0.2, -0.15) is 5.10 Å². The van der Waals surface area contributed by atoms with Gasteiger partial charge in [-0.1, -0.05) is 11.6 Å². The second-order valence-electron chi connectivity index (χ2n) is 5.46. The summed E-state index contributed by atoms with van der Waals surface area (Å²) >= 11 is 6.43. The fourth-order valence-corrected chi connectivity index (χ4v) is 3.14. The maximum absolute atomic E-state index is 6.43. The van der Waals surface area contributed by atoms with Gasteiger partial charge >= 0.3 is 0 Å². The summed E-state index contributed by atoms with van der Waals surface area (Å²) in [6.07, 6.45) is 0.796. The van der Waals surface area contributed by atoms with Gasteiger partial charge in [0.2, 0.25) is 0 Å². The van der Waals surface area contributed by atoms with Gasteiger partial charge in [0, 0.05) is 24.6 Å². The molecule has 21 heavy (non-hydrogen) atoms. The minimum Gasteiger partial charge on any atom is -0.466 e. The number of hydrogen-bond donors (Lipinski definition) is 1. The fraction of sp³-hybridized carbons (Fsp3) is 0.562. The molecule has 116 valence electrons. The number of aromatic nitrogens is 2. The van der Waals surface area contributed by atoms with E-state index >= 15 is 0 Å². The molecule has 0 spiro atoms. The van der Waals surface area contributed by atoms with Gasteiger partial charge in [0.25, 0.3) is 0 Å². The zero-order chi connectivity index (χ0) is 15.7. The van der Waals surface area contributed by atoms with E-state index in [1.54, 1.807) is 0 Å². The van der Waals surface area contributed by atoms with Crippen molar-refractivity contribution >= 4 is 11.6 Å². The number of hydrogen-bond acceptors (Lipinski definition) is 3. The van der Waals surface area contributed by atoms with Crippen LogP contribution in [0.2, 0.25) is 5.02 Å². The molecule has 0 radical (unpaired) electrons. The molecule has 1 unspecified atom stereocenters. The molecule has 2 rings (SSSR count). The van der Waals surface area contributed by atoms with Crippen molar-refractivity contribution in [3.05, 3.63) is 39.1 Å². The molecule has 1 N–H and O–H groups in total. The van der Waals surface area contributed by atoms with Crippen molar-refractivity contribution in [2.24, 2.45) is 0 Å². The van der Waals surface area contributed by atoms with Gasteiger partial charge in [0.15, 0.2) is 0 Å². The lowest BCUT2D eigenvalue weighted by Crippen LogP contribution is -2.21. The Balaban J connectivity index is 2.40. The van der Waals surface area contributed by atoms with Crippen molar-refractivity contribution in [3.8, 4) is 0 Å². The number of rotatable bonds is 5. The van der Waals surface area contributed by atoms with Crippen LogP contribution < -0.4 is 5.32 Å². The minimum absolute atomic E-state index is 0.168. The predicted molar refractivity (Wildman–Crippen MR) is 86.1 cm³/mol. The number of furan rings is 1. The van der Waals surface area contributed by atoms with Crippen LogP contribution in [0.1, 0.15) is 47.0 Å². The third kappa shape index (κ3) is 2.87. The van der Waals surface area contributed by atoms with Gasteiger partial charge in [-0.3, -0.25) is 4.68 Å². The van der Waals surface area contributed by atoms with Crippen LogP contribution >= 0.6 is 11.6 Å². The minimum atomic E-state index is 0.168. The Morgan fingerprint density at radius 3 is 2.38 bits per heavy atom. The smallest absolute Gasteiger partial charge is 0.106 e. The van der Waals surface area contributed by atoms with Crippen molar-refractivity contribution in [2.45, 2.75) is 53.6 Å². The predicted octanol–water partition coefficient (Wildman–Crippen LogP) is 3.89. The van der Waals surface area contributed by atoms with Crippen molar-refractivity contribution in [3.63, 3.8) is 0 Å². The summed E-state index contributed by atoms with van der Waals surface area (Å²) in [6.45, 7) is 11.0. The summed E-state index contributed by atoms with van der Waals surface area (Å²) in [5.74, 6) is 1.95. The lowest BCUT2D eigenvalue weighted by molar-refractivity contribution is 0.485. The van der Waals surface area contributed by atoms with Crippen LogP contribution in [-0.4, -0.2) is 16.8 Å². The summed E-state index contributed by atoms with van der Waals surface area (Å²) in [7, 11) is 1.97. The highest BCUT2D eigenvalue weighted by Crippen LogP contribution is 2.31. The average molecular weight is 310 g/mol. The third-order valence-corrected chi connectivity index (χ3v) is 4.66. The third-order valence-electron chi connectivity index (χ3n) is 4.16. The molecule has 0 aliphatic heterocycles. The van der Waals surface area contributed by atoms with Crippen molar-refractivity contribution in [1.29, 1.82) is 0 Å². The Bertz CT molecular complexity index is 642. The van der Waals surface area contributed by atoms with Crippen LogP contribution in [0.3, 0.4) is 0 Å². The largest absolute Gasteiger partial charge is 0.466 e. The van der Waals surface area contributed by atoms with Gasteiger partial charge in [0.05, 0.1) is 16.4 Å². The van der Waals surface area contributed by atoms with E-state index in [0.29, 0.717) is 0 Å². The second-order valence-corrected chi connectivity index (χ2v) is 5.84. The van der Waals surface area contributed by atoms with Crippen LogP contribution in [0.4, 0.5) is 0 Å². The molecule has 2 heterocycles. The summed E-state index contributed by atoms with van der Waals surface area (Å²) in [6, 6.07) is 0.168. The average Bonchev–Trinajstić information content (AvgIpc) is 2.86. The normalized spacial score (nSPS) is 12.9. The maximum atomic E-state index is 6.43. The van der Waals surface area contributed by atoms with Crippen molar-refractivity contribution in [1.82, 2.24) is 15.1 Å². The number of likely N-dealkylation sites (N-methyl/N-ethyl adjacent to an activating group) is 1. The molecule has 0 aliphatic carbocycles. The number of nitrogens with zero attached hydrogens (tertiary/aromatic N) is 2. The standard InChI is InChI=1S/C16H24ClN3O/c1-7-20-14(16(17)10(3)19-20)8-13(18-6)15-9(2)11(4)21-12(15)5/h13,18H,7-8H2,1-6H3. The number of aryl methyl sites for hydroxylation is 4. The first-order valence-corrected chi connectivity index (χ1v) is 7.73. The highest BCUT2D eigenvalue weighted by atomic mass is 35.5. The molecule has 4 nitrogen and oxygen atoms in total. The van der Waals surface area contributed by atoms with E-state index in [2.05, 4.69) is 24.3 Å².